The molecule has 1 nitrogen and oxygen atoms in total. The Labute approximate surface area is 226 Å². The number of rotatable bonds is 0. The Morgan fingerprint density at radius 1 is 0.471 bits per heavy atom. The van der Waals surface area contributed by atoms with Crippen LogP contribution in [0.2, 0.25) is 0 Å². The highest BCUT2D eigenvalue weighted by Gasteiger charge is 2.36. The number of fused-ring (bicyclic) bond motifs is 6. The largest absolute Gasteiger partial charge is 0.508 e. The van der Waals surface area contributed by atoms with Gasteiger partial charge in [0.25, 0.3) is 0 Å². The molecule has 2 aliphatic carbocycles. The summed E-state index contributed by atoms with van der Waals surface area (Å²) < 4.78 is 3.40. The second-order valence-corrected chi connectivity index (χ2v) is 12.8. The van der Waals surface area contributed by atoms with Crippen LogP contribution in [-0.4, -0.2) is 5.11 Å². The van der Waals surface area contributed by atoms with Gasteiger partial charge in [0, 0.05) is 24.2 Å². The molecule has 0 atom stereocenters. The fourth-order valence-corrected chi connectivity index (χ4v) is 6.46. The zero-order chi connectivity index (χ0) is 24.4. The number of hydrogen-bond donors (Lipinski definition) is 1. The van der Waals surface area contributed by atoms with Crippen molar-refractivity contribution in [3.63, 3.8) is 0 Å². The van der Waals surface area contributed by atoms with Gasteiger partial charge in [0.2, 0.25) is 0 Å². The van der Waals surface area contributed by atoms with Crippen molar-refractivity contribution in [1.82, 2.24) is 0 Å². The Kier molecular flexibility index (Phi) is 5.86. The third-order valence-electron chi connectivity index (χ3n) is 7.22. The molecule has 34 heavy (non-hydrogen) atoms. The highest BCUT2D eigenvalue weighted by Crippen LogP contribution is 2.51. The highest BCUT2D eigenvalue weighted by molar-refractivity contribution is 9.11. The van der Waals surface area contributed by atoms with Gasteiger partial charge in [-0.3, -0.25) is 0 Å². The summed E-state index contributed by atoms with van der Waals surface area (Å²) in [6, 6.07) is 25.2. The quantitative estimate of drug-likeness (QED) is 0.203. The fourth-order valence-electron chi connectivity index (χ4n) is 5.38. The Hall–Kier alpha value is -1.88. The number of halogens is 3. The number of hydrogen-bond acceptors (Lipinski definition) is 1. The summed E-state index contributed by atoms with van der Waals surface area (Å²) in [6.07, 6.45) is 0. The molecule has 0 heterocycles. The Morgan fingerprint density at radius 2 is 0.765 bits per heavy atom. The normalized spacial score (nSPS) is 15.5. The molecule has 2 aliphatic rings. The van der Waals surface area contributed by atoms with Crippen LogP contribution in [0.15, 0.2) is 86.2 Å². The van der Waals surface area contributed by atoms with Crippen LogP contribution in [0.5, 0.6) is 5.75 Å². The van der Waals surface area contributed by atoms with Crippen molar-refractivity contribution in [2.75, 3.05) is 0 Å². The molecule has 0 saturated heterocycles. The van der Waals surface area contributed by atoms with Gasteiger partial charge in [-0.15, -0.1) is 0 Å². The van der Waals surface area contributed by atoms with Crippen molar-refractivity contribution in [2.24, 2.45) is 0 Å². The number of phenols is 1. The standard InChI is InChI=1S/C15H12Br2.C15H13BrO/c2*1-15(2)13-7-9(16)3-5-11(13)12-6-4-10(17)8-14(12)15/h3-8H,1-2H3;3-8,17H,1-2H3. The van der Waals surface area contributed by atoms with Gasteiger partial charge < -0.3 is 5.11 Å². The van der Waals surface area contributed by atoms with Crippen LogP contribution in [0.3, 0.4) is 0 Å². The summed E-state index contributed by atoms with van der Waals surface area (Å²) in [7, 11) is 0. The van der Waals surface area contributed by atoms with Crippen molar-refractivity contribution in [3.8, 4) is 28.0 Å². The molecule has 4 heteroatoms. The zero-order valence-electron chi connectivity index (χ0n) is 19.5. The molecular formula is C30H25Br3O. The van der Waals surface area contributed by atoms with Crippen LogP contribution in [0.1, 0.15) is 49.9 Å². The minimum absolute atomic E-state index is 0.0484. The molecule has 0 radical (unpaired) electrons. The average molecular weight is 641 g/mol. The summed E-state index contributed by atoms with van der Waals surface area (Å²) in [5, 5.41) is 9.65. The van der Waals surface area contributed by atoms with E-state index in [-0.39, 0.29) is 10.8 Å². The van der Waals surface area contributed by atoms with Gasteiger partial charge >= 0.3 is 0 Å². The van der Waals surface area contributed by atoms with Crippen LogP contribution < -0.4 is 0 Å². The molecular weight excluding hydrogens is 616 g/mol. The molecule has 0 spiro atoms. The van der Waals surface area contributed by atoms with Gasteiger partial charge in [0.15, 0.2) is 0 Å². The van der Waals surface area contributed by atoms with E-state index in [4.69, 9.17) is 0 Å². The van der Waals surface area contributed by atoms with E-state index in [1.165, 1.54) is 44.5 Å². The topological polar surface area (TPSA) is 20.2 Å². The molecule has 4 aromatic rings. The van der Waals surface area contributed by atoms with Crippen molar-refractivity contribution in [1.29, 1.82) is 0 Å². The molecule has 1 N–H and O–H groups in total. The SMILES string of the molecule is CC1(C)c2cc(Br)ccc2-c2ccc(Br)cc21.CC1(C)c2cc(O)ccc2-c2ccc(Br)cc21. The van der Waals surface area contributed by atoms with Crippen LogP contribution in [0, 0.1) is 0 Å². The van der Waals surface area contributed by atoms with Gasteiger partial charge in [-0.25, -0.2) is 0 Å². The second kappa shape index (κ2) is 8.36. The van der Waals surface area contributed by atoms with E-state index in [9.17, 15) is 5.11 Å². The number of phenolic OH excluding ortho intramolecular Hbond substituents is 1. The molecule has 0 fully saturated rings. The van der Waals surface area contributed by atoms with Gasteiger partial charge in [-0.2, -0.15) is 0 Å². The molecule has 0 saturated carbocycles. The van der Waals surface area contributed by atoms with Crippen LogP contribution >= 0.6 is 47.8 Å². The summed E-state index contributed by atoms with van der Waals surface area (Å²) >= 11 is 10.7. The lowest BCUT2D eigenvalue weighted by Gasteiger charge is -2.21. The summed E-state index contributed by atoms with van der Waals surface area (Å²) in [6.45, 7) is 8.97. The first-order valence-corrected chi connectivity index (χ1v) is 13.6. The summed E-state index contributed by atoms with van der Waals surface area (Å²) in [5.74, 6) is 0.337. The van der Waals surface area contributed by atoms with Crippen LogP contribution in [0.4, 0.5) is 0 Å². The van der Waals surface area contributed by atoms with E-state index in [0.717, 1.165) is 13.4 Å². The second-order valence-electron chi connectivity index (χ2n) is 10.0. The molecule has 0 unspecified atom stereocenters. The predicted octanol–water partition coefficient (Wildman–Crippen LogP) is 9.98. The Morgan fingerprint density at radius 3 is 1.12 bits per heavy atom. The Balaban J connectivity index is 0.000000142. The molecule has 6 rings (SSSR count). The maximum absolute atomic E-state index is 9.65. The van der Waals surface area contributed by atoms with Crippen LogP contribution in [-0.2, 0) is 10.8 Å². The third kappa shape index (κ3) is 3.79. The van der Waals surface area contributed by atoms with Crippen molar-refractivity contribution < 1.29 is 5.11 Å². The van der Waals surface area contributed by atoms with E-state index in [1.807, 2.05) is 12.1 Å². The van der Waals surface area contributed by atoms with Gasteiger partial charge in [0.05, 0.1) is 0 Å². The predicted molar refractivity (Wildman–Crippen MR) is 153 cm³/mol. The maximum Gasteiger partial charge on any atom is 0.115 e. The lowest BCUT2D eigenvalue weighted by molar-refractivity contribution is 0.473. The molecule has 4 aromatic carbocycles. The minimum atomic E-state index is -0.0484. The van der Waals surface area contributed by atoms with Gasteiger partial charge in [0.1, 0.15) is 5.75 Å². The van der Waals surface area contributed by atoms with E-state index in [1.54, 1.807) is 6.07 Å². The lowest BCUT2D eigenvalue weighted by atomic mass is 9.82. The highest BCUT2D eigenvalue weighted by atomic mass is 79.9. The minimum Gasteiger partial charge on any atom is -0.508 e. The molecule has 0 bridgehead atoms. The fraction of sp³-hybridized carbons (Fsp3) is 0.200. The molecule has 172 valence electrons. The lowest BCUT2D eigenvalue weighted by Crippen LogP contribution is -2.14. The average Bonchev–Trinajstić information content (AvgIpc) is 3.13. The molecule has 0 aliphatic heterocycles. The van der Waals surface area contributed by atoms with Crippen molar-refractivity contribution >= 4 is 47.8 Å². The van der Waals surface area contributed by atoms with E-state index >= 15 is 0 Å². The van der Waals surface area contributed by atoms with E-state index < -0.39 is 0 Å². The van der Waals surface area contributed by atoms with E-state index in [2.05, 4.69) is 130 Å². The first-order chi connectivity index (χ1) is 16.0. The third-order valence-corrected chi connectivity index (χ3v) is 8.70. The van der Waals surface area contributed by atoms with Crippen molar-refractivity contribution in [3.05, 3.63) is 108 Å². The Bertz CT molecular complexity index is 1230. The van der Waals surface area contributed by atoms with Crippen LogP contribution in [0.25, 0.3) is 22.3 Å². The zero-order valence-corrected chi connectivity index (χ0v) is 24.3. The summed E-state index contributed by atoms with van der Waals surface area (Å²) in [5.41, 5.74) is 10.6. The summed E-state index contributed by atoms with van der Waals surface area (Å²) in [4.78, 5) is 0. The number of benzene rings is 4. The smallest absolute Gasteiger partial charge is 0.115 e. The number of aromatic hydroxyl groups is 1. The maximum atomic E-state index is 9.65. The molecule has 0 aromatic heterocycles. The van der Waals surface area contributed by atoms with E-state index in [0.29, 0.717) is 5.75 Å². The molecule has 0 amide bonds. The van der Waals surface area contributed by atoms with Crippen molar-refractivity contribution in [2.45, 2.75) is 38.5 Å². The first-order valence-electron chi connectivity index (χ1n) is 11.2. The van der Waals surface area contributed by atoms with Gasteiger partial charge in [-0.1, -0.05) is 99.8 Å². The first kappa shape index (κ1) is 23.8. The monoisotopic (exact) mass is 638 g/mol. The van der Waals surface area contributed by atoms with Gasteiger partial charge in [-0.05, 0) is 93.0 Å².